The quantitative estimate of drug-likeness (QED) is 0.860. The molecule has 1 atom stereocenters. The number of hydrogen-bond acceptors (Lipinski definition) is 4. The van der Waals surface area contributed by atoms with Gasteiger partial charge in [0.15, 0.2) is 0 Å². The van der Waals surface area contributed by atoms with Crippen LogP contribution in [0.4, 0.5) is 5.82 Å². The third kappa shape index (κ3) is 3.80. The second-order valence-corrected chi connectivity index (χ2v) is 6.04. The highest BCUT2D eigenvalue weighted by molar-refractivity contribution is 6.30. The van der Waals surface area contributed by atoms with Gasteiger partial charge in [0.2, 0.25) is 0 Å². The van der Waals surface area contributed by atoms with Crippen molar-refractivity contribution in [1.82, 2.24) is 9.97 Å². The summed E-state index contributed by atoms with van der Waals surface area (Å²) in [6, 6.07) is 0.380. The van der Waals surface area contributed by atoms with E-state index in [1.165, 1.54) is 6.33 Å². The molecular formula is C14H22ClN3O. The molecule has 0 aliphatic carbocycles. The molecule has 0 amide bonds. The number of nitrogens with one attached hydrogen (secondary N) is 1. The Labute approximate surface area is 119 Å². The summed E-state index contributed by atoms with van der Waals surface area (Å²) in [6.07, 6.45) is 5.42. The molecule has 5 heteroatoms. The molecule has 0 aromatic carbocycles. The van der Waals surface area contributed by atoms with Crippen LogP contribution < -0.4 is 5.32 Å². The van der Waals surface area contributed by atoms with Crippen LogP contribution in [-0.2, 0) is 11.2 Å². The lowest BCUT2D eigenvalue weighted by atomic mass is 9.94. The first kappa shape index (κ1) is 14.5. The molecule has 0 radical (unpaired) electrons. The summed E-state index contributed by atoms with van der Waals surface area (Å²) >= 11 is 6.17. The first-order valence-electron chi connectivity index (χ1n) is 6.91. The standard InChI is InChI=1S/C14H22ClN3O/c1-4-5-11-12(15)16-9-17-13(11)18-10-6-7-19-14(2,3)8-10/h9-10H,4-8H2,1-3H3,(H,16,17,18). The Hall–Kier alpha value is -0.870. The average molecular weight is 284 g/mol. The Balaban J connectivity index is 2.12. The third-order valence-electron chi connectivity index (χ3n) is 3.43. The second-order valence-electron chi connectivity index (χ2n) is 5.68. The number of rotatable bonds is 4. The lowest BCUT2D eigenvalue weighted by Gasteiger charge is -2.36. The molecular weight excluding hydrogens is 262 g/mol. The first-order valence-corrected chi connectivity index (χ1v) is 7.29. The molecule has 1 aliphatic heterocycles. The number of halogens is 1. The smallest absolute Gasteiger partial charge is 0.137 e. The molecule has 2 heterocycles. The van der Waals surface area contributed by atoms with Gasteiger partial charge in [-0.2, -0.15) is 0 Å². The van der Waals surface area contributed by atoms with Crippen LogP contribution in [0.15, 0.2) is 6.33 Å². The predicted molar refractivity (Wildman–Crippen MR) is 77.7 cm³/mol. The van der Waals surface area contributed by atoms with Crippen molar-refractivity contribution in [3.8, 4) is 0 Å². The summed E-state index contributed by atoms with van der Waals surface area (Å²) in [5.74, 6) is 0.879. The fraction of sp³-hybridized carbons (Fsp3) is 0.714. The van der Waals surface area contributed by atoms with E-state index in [0.29, 0.717) is 11.2 Å². The van der Waals surface area contributed by atoms with Gasteiger partial charge in [0.1, 0.15) is 17.3 Å². The highest BCUT2D eigenvalue weighted by Gasteiger charge is 2.29. The van der Waals surface area contributed by atoms with Crippen molar-refractivity contribution >= 4 is 17.4 Å². The van der Waals surface area contributed by atoms with Gasteiger partial charge in [-0.05, 0) is 33.1 Å². The van der Waals surface area contributed by atoms with Crippen molar-refractivity contribution < 1.29 is 4.74 Å². The zero-order valence-electron chi connectivity index (χ0n) is 11.9. The molecule has 19 heavy (non-hydrogen) atoms. The van der Waals surface area contributed by atoms with Gasteiger partial charge in [-0.1, -0.05) is 24.9 Å². The Morgan fingerprint density at radius 1 is 1.47 bits per heavy atom. The molecule has 0 spiro atoms. The summed E-state index contributed by atoms with van der Waals surface area (Å²) < 4.78 is 5.74. The van der Waals surface area contributed by atoms with Crippen molar-refractivity contribution in [2.45, 2.75) is 58.1 Å². The molecule has 1 N–H and O–H groups in total. The van der Waals surface area contributed by atoms with Crippen LogP contribution in [0.25, 0.3) is 0 Å². The van der Waals surface area contributed by atoms with Crippen molar-refractivity contribution in [3.63, 3.8) is 0 Å². The van der Waals surface area contributed by atoms with Gasteiger partial charge < -0.3 is 10.1 Å². The highest BCUT2D eigenvalue weighted by atomic mass is 35.5. The maximum absolute atomic E-state index is 6.17. The fourth-order valence-corrected chi connectivity index (χ4v) is 2.76. The molecule has 1 unspecified atom stereocenters. The zero-order chi connectivity index (χ0) is 13.9. The van der Waals surface area contributed by atoms with Crippen LogP contribution in [0.3, 0.4) is 0 Å². The average Bonchev–Trinajstić information content (AvgIpc) is 2.32. The maximum Gasteiger partial charge on any atom is 0.137 e. The van der Waals surface area contributed by atoms with Gasteiger partial charge in [0.05, 0.1) is 5.60 Å². The van der Waals surface area contributed by atoms with Gasteiger partial charge >= 0.3 is 0 Å². The van der Waals surface area contributed by atoms with Crippen LogP contribution in [0.5, 0.6) is 0 Å². The zero-order valence-corrected chi connectivity index (χ0v) is 12.6. The summed E-state index contributed by atoms with van der Waals surface area (Å²) in [6.45, 7) is 7.17. The molecule has 0 saturated carbocycles. The Morgan fingerprint density at radius 2 is 2.26 bits per heavy atom. The molecule has 1 fully saturated rings. The van der Waals surface area contributed by atoms with Gasteiger partial charge in [0, 0.05) is 18.2 Å². The molecule has 1 aromatic rings. The van der Waals surface area contributed by atoms with Crippen LogP contribution in [0.1, 0.15) is 45.6 Å². The number of nitrogens with zero attached hydrogens (tertiary/aromatic N) is 2. The molecule has 4 nitrogen and oxygen atoms in total. The van der Waals surface area contributed by atoms with E-state index in [1.54, 1.807) is 0 Å². The molecule has 0 bridgehead atoms. The minimum absolute atomic E-state index is 0.0718. The van der Waals surface area contributed by atoms with Crippen LogP contribution in [0, 0.1) is 0 Å². The SMILES string of the molecule is CCCc1c(Cl)ncnc1NC1CCOC(C)(C)C1. The lowest BCUT2D eigenvalue weighted by Crippen LogP contribution is -2.40. The normalized spacial score (nSPS) is 22.2. The van der Waals surface area contributed by atoms with Crippen molar-refractivity contribution in [2.24, 2.45) is 0 Å². The Bertz CT molecular complexity index is 437. The maximum atomic E-state index is 6.17. The topological polar surface area (TPSA) is 47.0 Å². The van der Waals surface area contributed by atoms with E-state index < -0.39 is 0 Å². The summed E-state index contributed by atoms with van der Waals surface area (Å²) in [4.78, 5) is 8.42. The van der Waals surface area contributed by atoms with E-state index in [2.05, 4.69) is 36.1 Å². The van der Waals surface area contributed by atoms with Gasteiger partial charge in [-0.15, -0.1) is 0 Å². The second kappa shape index (κ2) is 6.06. The first-order chi connectivity index (χ1) is 9.02. The largest absolute Gasteiger partial charge is 0.375 e. The van der Waals surface area contributed by atoms with E-state index in [0.717, 1.165) is 43.7 Å². The number of ether oxygens (including phenoxy) is 1. The molecule has 1 saturated heterocycles. The number of aromatic nitrogens is 2. The van der Waals surface area contributed by atoms with Gasteiger partial charge in [0.25, 0.3) is 0 Å². The Morgan fingerprint density at radius 3 is 2.95 bits per heavy atom. The lowest BCUT2D eigenvalue weighted by molar-refractivity contribution is -0.0553. The fourth-order valence-electron chi connectivity index (χ4n) is 2.54. The monoisotopic (exact) mass is 283 g/mol. The Kier molecular flexibility index (Phi) is 4.63. The van der Waals surface area contributed by atoms with Crippen LogP contribution in [0.2, 0.25) is 5.15 Å². The summed E-state index contributed by atoms with van der Waals surface area (Å²) in [5.41, 5.74) is 0.952. The molecule has 1 aliphatic rings. The molecule has 2 rings (SSSR count). The van der Waals surface area contributed by atoms with Crippen LogP contribution >= 0.6 is 11.6 Å². The predicted octanol–water partition coefficient (Wildman–Crippen LogP) is 3.45. The highest BCUT2D eigenvalue weighted by Crippen LogP contribution is 2.28. The number of anilines is 1. The van der Waals surface area contributed by atoms with Crippen LogP contribution in [-0.4, -0.2) is 28.2 Å². The minimum atomic E-state index is -0.0718. The van der Waals surface area contributed by atoms with E-state index in [1.807, 2.05) is 0 Å². The van der Waals surface area contributed by atoms with Crippen molar-refractivity contribution in [3.05, 3.63) is 17.0 Å². The molecule has 106 valence electrons. The van der Waals surface area contributed by atoms with E-state index >= 15 is 0 Å². The van der Waals surface area contributed by atoms with Crippen molar-refractivity contribution in [1.29, 1.82) is 0 Å². The van der Waals surface area contributed by atoms with E-state index in [-0.39, 0.29) is 5.60 Å². The van der Waals surface area contributed by atoms with E-state index in [9.17, 15) is 0 Å². The summed E-state index contributed by atoms with van der Waals surface area (Å²) in [7, 11) is 0. The number of hydrogen-bond donors (Lipinski definition) is 1. The third-order valence-corrected chi connectivity index (χ3v) is 3.76. The minimum Gasteiger partial charge on any atom is -0.375 e. The van der Waals surface area contributed by atoms with Gasteiger partial charge in [-0.25, -0.2) is 9.97 Å². The van der Waals surface area contributed by atoms with E-state index in [4.69, 9.17) is 16.3 Å². The van der Waals surface area contributed by atoms with Gasteiger partial charge in [-0.3, -0.25) is 0 Å². The summed E-state index contributed by atoms with van der Waals surface area (Å²) in [5, 5.41) is 4.08. The molecule has 1 aromatic heterocycles. The van der Waals surface area contributed by atoms with Crippen molar-refractivity contribution in [2.75, 3.05) is 11.9 Å².